The molecule has 1 atom stereocenters. The van der Waals surface area contributed by atoms with Crippen molar-refractivity contribution >= 4 is 0 Å². The van der Waals surface area contributed by atoms with Gasteiger partial charge in [0.05, 0.1) is 7.11 Å². The molecule has 1 aromatic carbocycles. The number of nitrogens with one attached hydrogen (secondary N) is 1. The van der Waals surface area contributed by atoms with Crippen molar-refractivity contribution in [2.75, 3.05) is 20.8 Å². The summed E-state index contributed by atoms with van der Waals surface area (Å²) in [6, 6.07) is 5.46. The smallest absolute Gasteiger partial charge is 0.169 e. The highest BCUT2D eigenvalue weighted by Gasteiger charge is 2.09. The molecule has 1 aromatic rings. The first kappa shape index (κ1) is 13.9. The first-order valence-electron chi connectivity index (χ1n) is 5.72. The van der Waals surface area contributed by atoms with Gasteiger partial charge in [0.15, 0.2) is 11.6 Å². The van der Waals surface area contributed by atoms with Crippen LogP contribution < -0.4 is 10.1 Å². The van der Waals surface area contributed by atoms with Crippen molar-refractivity contribution in [3.05, 3.63) is 29.6 Å². The van der Waals surface area contributed by atoms with E-state index in [-0.39, 0.29) is 11.6 Å². The zero-order valence-electron chi connectivity index (χ0n) is 10.6. The number of hydrogen-bond donors (Lipinski definition) is 1. The molecule has 4 heteroatoms. The third-order valence-electron chi connectivity index (χ3n) is 2.66. The van der Waals surface area contributed by atoms with Crippen LogP contribution in [0.2, 0.25) is 0 Å². The van der Waals surface area contributed by atoms with Crippen molar-refractivity contribution in [2.45, 2.75) is 25.9 Å². The van der Waals surface area contributed by atoms with Gasteiger partial charge in [-0.3, -0.25) is 0 Å². The summed E-state index contributed by atoms with van der Waals surface area (Å²) < 4.78 is 23.7. The summed E-state index contributed by atoms with van der Waals surface area (Å²) in [6.07, 6.45) is 0.905. The van der Waals surface area contributed by atoms with Crippen LogP contribution in [0.4, 0.5) is 4.39 Å². The van der Waals surface area contributed by atoms with Crippen LogP contribution in [0, 0.1) is 5.82 Å². The average molecular weight is 241 g/mol. The molecule has 1 unspecified atom stereocenters. The highest BCUT2D eigenvalue weighted by molar-refractivity contribution is 5.30. The molecule has 0 fully saturated rings. The van der Waals surface area contributed by atoms with E-state index < -0.39 is 0 Å². The van der Waals surface area contributed by atoms with Gasteiger partial charge in [-0.1, -0.05) is 12.1 Å². The van der Waals surface area contributed by atoms with Gasteiger partial charge in [-0.2, -0.15) is 0 Å². The third kappa shape index (κ3) is 4.32. The number of rotatable bonds is 7. The molecule has 0 amide bonds. The molecule has 17 heavy (non-hydrogen) atoms. The number of hydrogen-bond acceptors (Lipinski definition) is 3. The lowest BCUT2D eigenvalue weighted by Gasteiger charge is -2.14. The number of ether oxygens (including phenoxy) is 2. The third-order valence-corrected chi connectivity index (χ3v) is 2.66. The molecule has 0 saturated heterocycles. The molecule has 3 nitrogen and oxygen atoms in total. The van der Waals surface area contributed by atoms with E-state index in [0.717, 1.165) is 6.42 Å². The van der Waals surface area contributed by atoms with Crippen LogP contribution in [0.15, 0.2) is 18.2 Å². The second-order valence-electron chi connectivity index (χ2n) is 4.00. The van der Waals surface area contributed by atoms with Crippen LogP contribution in [-0.4, -0.2) is 26.9 Å². The molecule has 0 aromatic heterocycles. The van der Waals surface area contributed by atoms with E-state index in [4.69, 9.17) is 9.47 Å². The SMILES string of the molecule is COCCC(C)NCc1cccc(OC)c1F. The Morgan fingerprint density at radius 2 is 2.12 bits per heavy atom. The largest absolute Gasteiger partial charge is 0.494 e. The van der Waals surface area contributed by atoms with E-state index in [1.54, 1.807) is 25.3 Å². The minimum atomic E-state index is -0.290. The Labute approximate surface area is 102 Å². The van der Waals surface area contributed by atoms with Gasteiger partial charge in [-0.05, 0) is 19.4 Å². The zero-order valence-corrected chi connectivity index (χ0v) is 10.6. The van der Waals surface area contributed by atoms with E-state index in [9.17, 15) is 4.39 Å². The number of methoxy groups -OCH3 is 2. The van der Waals surface area contributed by atoms with E-state index >= 15 is 0 Å². The molecule has 1 N–H and O–H groups in total. The second-order valence-corrected chi connectivity index (χ2v) is 4.00. The zero-order chi connectivity index (χ0) is 12.7. The lowest BCUT2D eigenvalue weighted by atomic mass is 10.1. The topological polar surface area (TPSA) is 30.5 Å². The first-order chi connectivity index (χ1) is 8.19. The summed E-state index contributed by atoms with van der Waals surface area (Å²) in [5.41, 5.74) is 0.619. The monoisotopic (exact) mass is 241 g/mol. The van der Waals surface area contributed by atoms with Gasteiger partial charge in [0.1, 0.15) is 0 Å². The fourth-order valence-electron chi connectivity index (χ4n) is 1.53. The van der Waals surface area contributed by atoms with Crippen molar-refractivity contribution in [1.29, 1.82) is 0 Å². The normalized spacial score (nSPS) is 12.5. The molecule has 0 aliphatic heterocycles. The maximum absolute atomic E-state index is 13.8. The Hall–Kier alpha value is -1.13. The number of halogens is 1. The van der Waals surface area contributed by atoms with Crippen molar-refractivity contribution in [1.82, 2.24) is 5.32 Å². The van der Waals surface area contributed by atoms with Gasteiger partial charge in [-0.15, -0.1) is 0 Å². The fourth-order valence-corrected chi connectivity index (χ4v) is 1.53. The Kier molecular flexibility index (Phi) is 5.94. The van der Waals surface area contributed by atoms with Crippen LogP contribution in [0.3, 0.4) is 0 Å². The molecular weight excluding hydrogens is 221 g/mol. The van der Waals surface area contributed by atoms with E-state index in [2.05, 4.69) is 12.2 Å². The Morgan fingerprint density at radius 3 is 2.76 bits per heavy atom. The summed E-state index contributed by atoms with van der Waals surface area (Å²) in [7, 11) is 3.14. The van der Waals surface area contributed by atoms with Crippen molar-refractivity contribution in [3.8, 4) is 5.75 Å². The van der Waals surface area contributed by atoms with E-state index in [1.807, 2.05) is 0 Å². The van der Waals surface area contributed by atoms with Crippen LogP contribution >= 0.6 is 0 Å². The maximum atomic E-state index is 13.8. The van der Waals surface area contributed by atoms with Crippen molar-refractivity contribution < 1.29 is 13.9 Å². The molecule has 0 aliphatic rings. The average Bonchev–Trinajstić information content (AvgIpc) is 2.35. The van der Waals surface area contributed by atoms with Gasteiger partial charge in [0.2, 0.25) is 0 Å². The van der Waals surface area contributed by atoms with Crippen LogP contribution in [-0.2, 0) is 11.3 Å². The van der Waals surface area contributed by atoms with E-state index in [0.29, 0.717) is 24.8 Å². The molecule has 0 heterocycles. The lowest BCUT2D eigenvalue weighted by Crippen LogP contribution is -2.27. The molecular formula is C13H20FNO2. The van der Waals surface area contributed by atoms with Gasteiger partial charge >= 0.3 is 0 Å². The summed E-state index contributed by atoms with van der Waals surface area (Å²) in [5, 5.41) is 3.25. The first-order valence-corrected chi connectivity index (χ1v) is 5.72. The minimum absolute atomic E-state index is 0.286. The highest BCUT2D eigenvalue weighted by atomic mass is 19.1. The van der Waals surface area contributed by atoms with Gasteiger partial charge in [0.25, 0.3) is 0 Å². The minimum Gasteiger partial charge on any atom is -0.494 e. The molecule has 0 radical (unpaired) electrons. The van der Waals surface area contributed by atoms with Crippen LogP contribution in [0.25, 0.3) is 0 Å². The molecule has 0 spiro atoms. The maximum Gasteiger partial charge on any atom is 0.169 e. The number of benzene rings is 1. The van der Waals surface area contributed by atoms with Gasteiger partial charge < -0.3 is 14.8 Å². The summed E-state index contributed by atoms with van der Waals surface area (Å²) in [6.45, 7) is 3.25. The van der Waals surface area contributed by atoms with Gasteiger partial charge in [-0.25, -0.2) is 4.39 Å². The highest BCUT2D eigenvalue weighted by Crippen LogP contribution is 2.19. The fraction of sp³-hybridized carbons (Fsp3) is 0.538. The standard InChI is InChI=1S/C13H20FNO2/c1-10(7-8-16-2)15-9-11-5-4-6-12(17-3)13(11)14/h4-6,10,15H,7-9H2,1-3H3. The predicted octanol–water partition coefficient (Wildman–Crippen LogP) is 2.35. The summed E-state index contributed by atoms with van der Waals surface area (Å²) in [4.78, 5) is 0. The Bertz CT molecular complexity index is 344. The molecule has 0 aliphatic carbocycles. The van der Waals surface area contributed by atoms with Crippen molar-refractivity contribution in [2.24, 2.45) is 0 Å². The lowest BCUT2D eigenvalue weighted by molar-refractivity contribution is 0.184. The Balaban J connectivity index is 2.51. The molecule has 0 bridgehead atoms. The molecule has 96 valence electrons. The quantitative estimate of drug-likeness (QED) is 0.795. The van der Waals surface area contributed by atoms with Crippen LogP contribution in [0.1, 0.15) is 18.9 Å². The summed E-state index contributed by atoms with van der Waals surface area (Å²) in [5.74, 6) is -0.00436. The van der Waals surface area contributed by atoms with Gasteiger partial charge in [0, 0.05) is 31.9 Å². The molecule has 0 saturated carbocycles. The molecule has 1 rings (SSSR count). The summed E-state index contributed by atoms with van der Waals surface area (Å²) >= 11 is 0. The van der Waals surface area contributed by atoms with E-state index in [1.165, 1.54) is 7.11 Å². The van der Waals surface area contributed by atoms with Crippen LogP contribution in [0.5, 0.6) is 5.75 Å². The Morgan fingerprint density at radius 1 is 1.35 bits per heavy atom. The second kappa shape index (κ2) is 7.25. The predicted molar refractivity (Wildman–Crippen MR) is 65.7 cm³/mol. The van der Waals surface area contributed by atoms with Crippen molar-refractivity contribution in [3.63, 3.8) is 0 Å².